The van der Waals surface area contributed by atoms with Gasteiger partial charge >= 0.3 is 0 Å². The van der Waals surface area contributed by atoms with Crippen molar-refractivity contribution in [1.29, 1.82) is 0 Å². The molecular formula is C29H24N6O. The summed E-state index contributed by atoms with van der Waals surface area (Å²) in [5, 5.41) is 8.80. The molecule has 1 saturated carbocycles. The number of aromatic nitrogens is 5. The molecule has 36 heavy (non-hydrogen) atoms. The van der Waals surface area contributed by atoms with Crippen molar-refractivity contribution in [2.75, 3.05) is 0 Å². The lowest BCUT2D eigenvalue weighted by Crippen LogP contribution is -2.43. The predicted octanol–water partition coefficient (Wildman–Crippen LogP) is 5.29. The standard InChI is InChI=1S/C29H24N6O/c30-29(14-6-15-29)21-12-10-20(11-13-21)26-22(19-7-2-1-3-8-19)17-24-28(32-26)36-18-25-33-34-27(35(24)25)23-9-4-5-16-31-23/h1-5,7-13,16-17H,6,14-15,18,30H2. The molecule has 1 aliphatic heterocycles. The number of hydrogen-bond donors (Lipinski definition) is 1. The summed E-state index contributed by atoms with van der Waals surface area (Å²) in [6.07, 6.45) is 5.01. The third-order valence-electron chi connectivity index (χ3n) is 7.24. The molecule has 1 aliphatic carbocycles. The van der Waals surface area contributed by atoms with Crippen LogP contribution in [0.5, 0.6) is 5.88 Å². The number of nitrogens with two attached hydrogens (primary N) is 1. The van der Waals surface area contributed by atoms with E-state index < -0.39 is 0 Å². The van der Waals surface area contributed by atoms with E-state index in [9.17, 15) is 0 Å². The summed E-state index contributed by atoms with van der Waals surface area (Å²) in [4.78, 5) is 9.54. The molecule has 0 bridgehead atoms. The number of rotatable bonds is 4. The number of benzene rings is 2. The van der Waals surface area contributed by atoms with Gasteiger partial charge in [0, 0.05) is 22.9 Å². The maximum absolute atomic E-state index is 6.57. The van der Waals surface area contributed by atoms with Crippen LogP contribution in [-0.2, 0) is 12.1 Å². The van der Waals surface area contributed by atoms with Gasteiger partial charge in [-0.05, 0) is 48.6 Å². The zero-order valence-corrected chi connectivity index (χ0v) is 19.6. The van der Waals surface area contributed by atoms with Crippen LogP contribution in [0, 0.1) is 0 Å². The van der Waals surface area contributed by atoms with Gasteiger partial charge in [-0.15, -0.1) is 10.2 Å². The Balaban J connectivity index is 1.41. The Morgan fingerprint density at radius 1 is 0.861 bits per heavy atom. The molecule has 1 fully saturated rings. The molecule has 0 saturated heterocycles. The van der Waals surface area contributed by atoms with E-state index in [4.69, 9.17) is 15.5 Å². The van der Waals surface area contributed by atoms with E-state index in [0.717, 1.165) is 52.4 Å². The van der Waals surface area contributed by atoms with Crippen LogP contribution in [0.1, 0.15) is 30.7 Å². The molecular weight excluding hydrogens is 448 g/mol. The minimum Gasteiger partial charge on any atom is -0.468 e. The number of nitrogens with zero attached hydrogens (tertiary/aromatic N) is 5. The average Bonchev–Trinajstić information content (AvgIpc) is 3.37. The van der Waals surface area contributed by atoms with E-state index in [-0.39, 0.29) is 5.54 Å². The summed E-state index contributed by atoms with van der Waals surface area (Å²) in [7, 11) is 0. The Labute approximate surface area is 208 Å². The van der Waals surface area contributed by atoms with Crippen LogP contribution in [-0.4, -0.2) is 24.7 Å². The van der Waals surface area contributed by atoms with E-state index in [2.05, 4.69) is 57.6 Å². The Hall–Kier alpha value is -4.36. The van der Waals surface area contributed by atoms with Crippen LogP contribution in [0.3, 0.4) is 0 Å². The quantitative estimate of drug-likeness (QED) is 0.382. The van der Waals surface area contributed by atoms with Gasteiger partial charge in [-0.1, -0.05) is 60.7 Å². The van der Waals surface area contributed by atoms with Crippen molar-refractivity contribution in [3.05, 3.63) is 96.4 Å². The zero-order chi connectivity index (χ0) is 24.1. The number of pyridine rings is 2. The smallest absolute Gasteiger partial charge is 0.239 e. The Morgan fingerprint density at radius 2 is 1.67 bits per heavy atom. The molecule has 3 aromatic heterocycles. The van der Waals surface area contributed by atoms with Crippen LogP contribution in [0.2, 0.25) is 0 Å². The molecule has 7 rings (SSSR count). The Morgan fingerprint density at radius 3 is 2.39 bits per heavy atom. The first-order valence-corrected chi connectivity index (χ1v) is 12.2. The Bertz CT molecular complexity index is 1560. The van der Waals surface area contributed by atoms with Crippen LogP contribution < -0.4 is 10.5 Å². The summed E-state index contributed by atoms with van der Waals surface area (Å²) >= 11 is 0. The summed E-state index contributed by atoms with van der Waals surface area (Å²) < 4.78 is 8.08. The van der Waals surface area contributed by atoms with Crippen molar-refractivity contribution in [2.24, 2.45) is 5.73 Å². The highest BCUT2D eigenvalue weighted by Crippen LogP contribution is 2.42. The fraction of sp³-hybridized carbons (Fsp3) is 0.172. The molecule has 5 aromatic rings. The molecule has 0 spiro atoms. The van der Waals surface area contributed by atoms with E-state index >= 15 is 0 Å². The molecule has 2 aliphatic rings. The minimum atomic E-state index is -0.195. The molecule has 176 valence electrons. The van der Waals surface area contributed by atoms with Crippen LogP contribution in [0.15, 0.2) is 85.1 Å². The summed E-state index contributed by atoms with van der Waals surface area (Å²) in [6, 6.07) is 26.7. The lowest BCUT2D eigenvalue weighted by molar-refractivity contribution is 0.253. The SMILES string of the molecule is NC1(c2ccc(-c3nc4c(cc3-c3ccccc3)-n3c(nnc3-c3ccccn3)CO4)cc2)CCC1. The van der Waals surface area contributed by atoms with Gasteiger partial charge in [-0.25, -0.2) is 4.98 Å². The van der Waals surface area contributed by atoms with E-state index in [1.165, 1.54) is 12.0 Å². The molecule has 0 amide bonds. The Kier molecular flexibility index (Phi) is 4.72. The first kappa shape index (κ1) is 21.0. The number of fused-ring (bicyclic) bond motifs is 3. The molecule has 7 heteroatoms. The van der Waals surface area contributed by atoms with Crippen molar-refractivity contribution in [1.82, 2.24) is 24.7 Å². The van der Waals surface area contributed by atoms with E-state index in [0.29, 0.717) is 18.3 Å². The molecule has 4 heterocycles. The molecule has 0 atom stereocenters. The second-order valence-corrected chi connectivity index (χ2v) is 9.44. The first-order chi connectivity index (χ1) is 17.7. The summed E-state index contributed by atoms with van der Waals surface area (Å²) in [6.45, 7) is 0.290. The van der Waals surface area contributed by atoms with Crippen molar-refractivity contribution < 1.29 is 4.74 Å². The fourth-order valence-electron chi connectivity index (χ4n) is 5.07. The number of ether oxygens (including phenoxy) is 1. The van der Waals surface area contributed by atoms with Gasteiger partial charge in [-0.3, -0.25) is 9.55 Å². The maximum atomic E-state index is 6.57. The third kappa shape index (κ3) is 3.31. The van der Waals surface area contributed by atoms with Crippen molar-refractivity contribution in [3.63, 3.8) is 0 Å². The largest absolute Gasteiger partial charge is 0.468 e. The van der Waals surface area contributed by atoms with E-state index in [1.807, 2.05) is 41.0 Å². The van der Waals surface area contributed by atoms with Crippen molar-refractivity contribution >= 4 is 0 Å². The molecule has 0 unspecified atom stereocenters. The highest BCUT2D eigenvalue weighted by Gasteiger charge is 2.34. The van der Waals surface area contributed by atoms with Crippen LogP contribution in [0.25, 0.3) is 39.6 Å². The molecule has 7 nitrogen and oxygen atoms in total. The molecule has 0 radical (unpaired) electrons. The third-order valence-corrected chi connectivity index (χ3v) is 7.24. The predicted molar refractivity (Wildman–Crippen MR) is 137 cm³/mol. The van der Waals surface area contributed by atoms with Crippen LogP contribution >= 0.6 is 0 Å². The van der Waals surface area contributed by atoms with Gasteiger partial charge in [0.2, 0.25) is 5.88 Å². The van der Waals surface area contributed by atoms with Gasteiger partial charge < -0.3 is 10.5 Å². The lowest BCUT2D eigenvalue weighted by atomic mass is 9.72. The molecule has 2 aromatic carbocycles. The highest BCUT2D eigenvalue weighted by molar-refractivity contribution is 5.83. The minimum absolute atomic E-state index is 0.195. The average molecular weight is 473 g/mol. The highest BCUT2D eigenvalue weighted by atomic mass is 16.5. The molecule has 2 N–H and O–H groups in total. The van der Waals surface area contributed by atoms with Gasteiger partial charge in [0.25, 0.3) is 0 Å². The summed E-state index contributed by atoms with van der Waals surface area (Å²) in [5.74, 6) is 1.93. The van der Waals surface area contributed by atoms with Gasteiger partial charge in [-0.2, -0.15) is 0 Å². The zero-order valence-electron chi connectivity index (χ0n) is 19.6. The van der Waals surface area contributed by atoms with Gasteiger partial charge in [0.15, 0.2) is 18.3 Å². The normalized spacial score (nSPS) is 15.4. The van der Waals surface area contributed by atoms with Crippen LogP contribution in [0.4, 0.5) is 0 Å². The monoisotopic (exact) mass is 472 g/mol. The maximum Gasteiger partial charge on any atom is 0.239 e. The fourth-order valence-corrected chi connectivity index (χ4v) is 5.07. The second-order valence-electron chi connectivity index (χ2n) is 9.44. The van der Waals surface area contributed by atoms with Crippen molar-refractivity contribution in [2.45, 2.75) is 31.4 Å². The van der Waals surface area contributed by atoms with Gasteiger partial charge in [0.1, 0.15) is 11.4 Å². The summed E-state index contributed by atoms with van der Waals surface area (Å²) in [5.41, 5.74) is 13.1. The lowest BCUT2D eigenvalue weighted by Gasteiger charge is -2.38. The van der Waals surface area contributed by atoms with E-state index in [1.54, 1.807) is 6.20 Å². The first-order valence-electron chi connectivity index (χ1n) is 12.2. The van der Waals surface area contributed by atoms with Gasteiger partial charge in [0.05, 0.1) is 5.69 Å². The second kappa shape index (κ2) is 8.10. The topological polar surface area (TPSA) is 91.7 Å². The van der Waals surface area contributed by atoms with Crippen molar-refractivity contribution in [3.8, 4) is 45.5 Å². The number of hydrogen-bond acceptors (Lipinski definition) is 6.